The highest BCUT2D eigenvalue weighted by molar-refractivity contribution is 7.54. The van der Waals surface area contributed by atoms with Crippen LogP contribution in [0.15, 0.2) is 12.2 Å². The van der Waals surface area contributed by atoms with Crippen molar-refractivity contribution in [3.8, 4) is 0 Å². The Morgan fingerprint density at radius 1 is 1.21 bits per heavy atom. The molecule has 19 heavy (non-hydrogen) atoms. The van der Waals surface area contributed by atoms with Crippen LogP contribution in [0.5, 0.6) is 0 Å². The van der Waals surface area contributed by atoms with E-state index < -0.39 is 31.8 Å². The van der Waals surface area contributed by atoms with Gasteiger partial charge in [-0.25, -0.2) is 4.79 Å². The first-order chi connectivity index (χ1) is 8.86. The lowest BCUT2D eigenvalue weighted by Crippen LogP contribution is -2.18. The highest BCUT2D eigenvalue weighted by atomic mass is 31.2. The van der Waals surface area contributed by atoms with Crippen LogP contribution >= 0.6 is 7.60 Å². The number of methoxy groups -OCH3 is 1. The molecule has 0 bridgehead atoms. The van der Waals surface area contributed by atoms with Crippen molar-refractivity contribution in [3.63, 3.8) is 0 Å². The van der Waals surface area contributed by atoms with E-state index in [9.17, 15) is 14.2 Å². The minimum atomic E-state index is -3.41. The average molecular weight is 294 g/mol. The van der Waals surface area contributed by atoms with Gasteiger partial charge in [0.1, 0.15) is 12.3 Å². The molecule has 0 spiro atoms. The Hall–Kier alpha value is -1.17. The van der Waals surface area contributed by atoms with E-state index in [-0.39, 0.29) is 0 Å². The first-order valence-electron chi connectivity index (χ1n) is 5.51. The Morgan fingerprint density at radius 2 is 1.79 bits per heavy atom. The van der Waals surface area contributed by atoms with Crippen LogP contribution in [0.25, 0.3) is 0 Å². The number of carbonyl (C=O) groups is 2. The zero-order valence-electron chi connectivity index (χ0n) is 11.5. The molecule has 0 amide bonds. The van der Waals surface area contributed by atoms with E-state index in [2.05, 4.69) is 13.8 Å². The second-order valence-corrected chi connectivity index (χ2v) is 5.86. The summed E-state index contributed by atoms with van der Waals surface area (Å²) in [6, 6.07) is 0. The van der Waals surface area contributed by atoms with Crippen molar-refractivity contribution in [1.82, 2.24) is 0 Å². The maximum atomic E-state index is 11.7. The number of esters is 2. The molecule has 8 heteroatoms. The molecule has 110 valence electrons. The molecule has 0 heterocycles. The third-order valence-electron chi connectivity index (χ3n) is 2.13. The summed E-state index contributed by atoms with van der Waals surface area (Å²) in [7, 11) is 0.250. The molecule has 0 aliphatic rings. The second kappa shape index (κ2) is 8.85. The molecule has 1 atom stereocenters. The Kier molecular flexibility index (Phi) is 8.30. The molecule has 0 N–H and O–H groups in total. The van der Waals surface area contributed by atoms with E-state index in [1.807, 2.05) is 0 Å². The van der Waals surface area contributed by atoms with E-state index in [4.69, 9.17) is 4.74 Å². The van der Waals surface area contributed by atoms with Crippen LogP contribution in [0, 0.1) is 0 Å². The van der Waals surface area contributed by atoms with Crippen molar-refractivity contribution in [2.75, 3.05) is 27.5 Å². The van der Waals surface area contributed by atoms with Crippen molar-refractivity contribution < 1.29 is 32.7 Å². The highest BCUT2D eigenvalue weighted by Gasteiger charge is 2.27. The van der Waals surface area contributed by atoms with E-state index in [0.717, 1.165) is 0 Å². The average Bonchev–Trinajstić information content (AvgIpc) is 2.37. The third-order valence-corrected chi connectivity index (χ3v) is 3.89. The van der Waals surface area contributed by atoms with Gasteiger partial charge in [0.25, 0.3) is 0 Å². The largest absolute Gasteiger partial charge is 0.466 e. The molecule has 0 fully saturated rings. The number of ether oxygens (including phenoxy) is 2. The molecule has 0 aromatic rings. The zero-order valence-corrected chi connectivity index (χ0v) is 12.3. The van der Waals surface area contributed by atoms with Gasteiger partial charge < -0.3 is 18.5 Å². The summed E-state index contributed by atoms with van der Waals surface area (Å²) in [4.78, 5) is 22.3. The van der Waals surface area contributed by atoms with Gasteiger partial charge in [-0.05, 0) is 6.92 Å². The number of hydrogen-bond donors (Lipinski definition) is 0. The number of rotatable bonds is 8. The molecular weight excluding hydrogens is 275 g/mol. The van der Waals surface area contributed by atoms with E-state index >= 15 is 0 Å². The van der Waals surface area contributed by atoms with Gasteiger partial charge in [0, 0.05) is 26.7 Å². The molecule has 0 aromatic carbocycles. The minimum Gasteiger partial charge on any atom is -0.466 e. The van der Waals surface area contributed by atoms with E-state index in [1.54, 1.807) is 6.92 Å². The molecule has 0 saturated heterocycles. The normalized spacial score (nSPS) is 13.3. The SMILES string of the molecule is COC(=O)/C=C/CC(C)OC(=O)CP(=O)(OC)OC. The first kappa shape index (κ1) is 17.8. The summed E-state index contributed by atoms with van der Waals surface area (Å²) < 4.78 is 30.3. The van der Waals surface area contributed by atoms with Crippen LogP contribution in [0.4, 0.5) is 0 Å². The lowest BCUT2D eigenvalue weighted by atomic mass is 10.2. The standard InChI is InChI=1S/C11H19O7P/c1-9(6-5-7-10(12)15-2)18-11(13)8-19(14,16-3)17-4/h5,7,9H,6,8H2,1-4H3/b7-5+. The van der Waals surface area contributed by atoms with Gasteiger partial charge in [-0.3, -0.25) is 9.36 Å². The smallest absolute Gasteiger partial charge is 0.341 e. The zero-order chi connectivity index (χ0) is 14.9. The third kappa shape index (κ3) is 7.77. The van der Waals surface area contributed by atoms with Gasteiger partial charge >= 0.3 is 19.5 Å². The fourth-order valence-corrected chi connectivity index (χ4v) is 1.89. The Balaban J connectivity index is 4.16. The summed E-state index contributed by atoms with van der Waals surface area (Å²) in [5.41, 5.74) is 0. The van der Waals surface area contributed by atoms with Crippen LogP contribution in [0.3, 0.4) is 0 Å². The fraction of sp³-hybridized carbons (Fsp3) is 0.636. The van der Waals surface area contributed by atoms with Gasteiger partial charge in [0.2, 0.25) is 0 Å². The number of hydrogen-bond acceptors (Lipinski definition) is 7. The monoisotopic (exact) mass is 294 g/mol. The Bertz CT molecular complexity index is 369. The molecule has 7 nitrogen and oxygen atoms in total. The quantitative estimate of drug-likeness (QED) is 0.381. The van der Waals surface area contributed by atoms with Gasteiger partial charge in [0.05, 0.1) is 7.11 Å². The summed E-state index contributed by atoms with van der Waals surface area (Å²) >= 11 is 0. The molecule has 0 aromatic heterocycles. The molecule has 0 aliphatic carbocycles. The van der Waals surface area contributed by atoms with Crippen LogP contribution in [0.2, 0.25) is 0 Å². The van der Waals surface area contributed by atoms with Crippen molar-refractivity contribution >= 4 is 19.5 Å². The molecule has 0 radical (unpaired) electrons. The van der Waals surface area contributed by atoms with Crippen LogP contribution in [0.1, 0.15) is 13.3 Å². The molecule has 0 aliphatic heterocycles. The molecule has 0 rings (SSSR count). The van der Waals surface area contributed by atoms with Crippen LogP contribution in [-0.2, 0) is 32.7 Å². The van der Waals surface area contributed by atoms with Gasteiger partial charge in [-0.1, -0.05) is 6.08 Å². The van der Waals surface area contributed by atoms with Crippen molar-refractivity contribution in [1.29, 1.82) is 0 Å². The van der Waals surface area contributed by atoms with Crippen LogP contribution in [-0.4, -0.2) is 45.5 Å². The van der Waals surface area contributed by atoms with Gasteiger partial charge in [-0.2, -0.15) is 0 Å². The van der Waals surface area contributed by atoms with E-state index in [0.29, 0.717) is 6.42 Å². The molecule has 1 unspecified atom stereocenters. The fourth-order valence-electron chi connectivity index (χ4n) is 1.10. The summed E-state index contributed by atoms with van der Waals surface area (Å²) in [6.45, 7) is 1.64. The highest BCUT2D eigenvalue weighted by Crippen LogP contribution is 2.46. The first-order valence-corrected chi connectivity index (χ1v) is 7.24. The van der Waals surface area contributed by atoms with Crippen molar-refractivity contribution in [2.45, 2.75) is 19.4 Å². The summed E-state index contributed by atoms with van der Waals surface area (Å²) in [5.74, 6) is -1.17. The molecule has 0 saturated carbocycles. The lowest BCUT2D eigenvalue weighted by Gasteiger charge is -2.15. The predicted octanol–water partition coefficient (Wildman–Crippen LogP) is 1.52. The van der Waals surface area contributed by atoms with Gasteiger partial charge in [-0.15, -0.1) is 0 Å². The summed E-state index contributed by atoms with van der Waals surface area (Å²) in [5, 5.41) is 0. The number of carbonyl (C=O) groups excluding carboxylic acids is 2. The predicted molar refractivity (Wildman–Crippen MR) is 67.8 cm³/mol. The maximum absolute atomic E-state index is 11.7. The van der Waals surface area contributed by atoms with Crippen molar-refractivity contribution in [3.05, 3.63) is 12.2 Å². The van der Waals surface area contributed by atoms with E-state index in [1.165, 1.54) is 33.5 Å². The molecular formula is C11H19O7P. The summed E-state index contributed by atoms with van der Waals surface area (Å²) in [6.07, 6.45) is 2.18. The Morgan fingerprint density at radius 3 is 2.26 bits per heavy atom. The lowest BCUT2D eigenvalue weighted by molar-refractivity contribution is -0.145. The second-order valence-electron chi connectivity index (χ2n) is 3.60. The minimum absolute atomic E-state index is 0.338. The van der Waals surface area contributed by atoms with Gasteiger partial charge in [0.15, 0.2) is 0 Å². The Labute approximate surface area is 112 Å². The van der Waals surface area contributed by atoms with Crippen LogP contribution < -0.4 is 0 Å². The topological polar surface area (TPSA) is 88.1 Å². The van der Waals surface area contributed by atoms with Crippen molar-refractivity contribution in [2.24, 2.45) is 0 Å². The maximum Gasteiger partial charge on any atom is 0.341 e.